The van der Waals surface area contributed by atoms with Gasteiger partial charge >= 0.3 is 0 Å². The summed E-state index contributed by atoms with van der Waals surface area (Å²) >= 11 is 0. The number of ether oxygens (including phenoxy) is 1. The minimum absolute atomic E-state index is 0.169. The molecule has 0 bridgehead atoms. The molecule has 0 radical (unpaired) electrons. The van der Waals surface area contributed by atoms with Crippen LogP contribution in [0.4, 0.5) is 0 Å². The summed E-state index contributed by atoms with van der Waals surface area (Å²) in [5.41, 5.74) is 4.03. The lowest BCUT2D eigenvalue weighted by atomic mass is 9.67. The lowest BCUT2D eigenvalue weighted by molar-refractivity contribution is 0.163. The lowest BCUT2D eigenvalue weighted by Gasteiger charge is -2.44. The second kappa shape index (κ2) is 5.89. The molecule has 2 aliphatic carbocycles. The summed E-state index contributed by atoms with van der Waals surface area (Å²) in [6.07, 6.45) is 2.68. The molecule has 2 aliphatic rings. The molecule has 1 aromatic rings. The van der Waals surface area contributed by atoms with Crippen LogP contribution in [0, 0.1) is 11.3 Å². The average molecular weight is 343 g/mol. The maximum atomic E-state index is 10.3. The zero-order chi connectivity index (χ0) is 17.7. The van der Waals surface area contributed by atoms with Crippen molar-refractivity contribution in [3.05, 3.63) is 47.2 Å². The zero-order valence-electron chi connectivity index (χ0n) is 15.6. The molecular formula is C21H30O2Si. The van der Waals surface area contributed by atoms with Crippen molar-refractivity contribution in [1.29, 1.82) is 0 Å². The lowest BCUT2D eigenvalue weighted by Crippen LogP contribution is -2.37. The van der Waals surface area contributed by atoms with Crippen LogP contribution < -0.4 is 4.74 Å². The Morgan fingerprint density at radius 3 is 2.38 bits per heavy atom. The average Bonchev–Trinajstić information content (AvgIpc) is 2.81. The fourth-order valence-electron chi connectivity index (χ4n) is 4.70. The van der Waals surface area contributed by atoms with Gasteiger partial charge in [0.25, 0.3) is 0 Å². The van der Waals surface area contributed by atoms with E-state index >= 15 is 0 Å². The minimum atomic E-state index is -1.49. The van der Waals surface area contributed by atoms with Gasteiger partial charge in [0.1, 0.15) is 5.75 Å². The summed E-state index contributed by atoms with van der Waals surface area (Å²) in [6.45, 7) is 14.1. The highest BCUT2D eigenvalue weighted by atomic mass is 28.3. The molecule has 24 heavy (non-hydrogen) atoms. The van der Waals surface area contributed by atoms with Gasteiger partial charge in [0.05, 0.1) is 21.3 Å². The van der Waals surface area contributed by atoms with E-state index in [1.165, 1.54) is 16.7 Å². The van der Waals surface area contributed by atoms with E-state index in [2.05, 4.69) is 45.3 Å². The Morgan fingerprint density at radius 2 is 1.83 bits per heavy atom. The highest BCUT2D eigenvalue weighted by molar-refractivity contribution is 6.84. The van der Waals surface area contributed by atoms with Gasteiger partial charge in [0.2, 0.25) is 0 Å². The molecule has 0 amide bonds. The van der Waals surface area contributed by atoms with E-state index in [-0.39, 0.29) is 11.5 Å². The fourth-order valence-corrected chi connectivity index (χ4v) is 6.69. The number of allylic oxidation sites excluding steroid dienone is 3. The standard InChI is InChI=1S/C21H30O2Si/c1-14-18-11-16(22)12-21(18,2)13-19(24(4,5)6)20(14)15-7-9-17(23-3)10-8-15/h7-10,16,18,22H,1,11-13H2,2-6H3/t16-,18+,21+/m0/s1. The fraction of sp³-hybridized carbons (Fsp3) is 0.524. The summed E-state index contributed by atoms with van der Waals surface area (Å²) in [5, 5.41) is 11.9. The molecule has 3 atom stereocenters. The Kier molecular flexibility index (Phi) is 4.29. The molecular weight excluding hydrogens is 312 g/mol. The normalized spacial score (nSPS) is 30.5. The predicted molar refractivity (Wildman–Crippen MR) is 104 cm³/mol. The van der Waals surface area contributed by atoms with E-state index in [0.717, 1.165) is 25.0 Å². The van der Waals surface area contributed by atoms with E-state index in [1.807, 2.05) is 12.1 Å². The van der Waals surface area contributed by atoms with Gasteiger partial charge in [-0.25, -0.2) is 0 Å². The van der Waals surface area contributed by atoms with Crippen molar-refractivity contribution in [2.45, 2.75) is 51.9 Å². The Labute approximate surface area is 147 Å². The summed E-state index contributed by atoms with van der Waals surface area (Å²) in [4.78, 5) is 0. The molecule has 0 unspecified atom stereocenters. The van der Waals surface area contributed by atoms with Gasteiger partial charge in [-0.2, -0.15) is 0 Å². The van der Waals surface area contributed by atoms with Gasteiger partial charge in [-0.05, 0) is 59.4 Å². The van der Waals surface area contributed by atoms with Gasteiger partial charge in [-0.15, -0.1) is 0 Å². The van der Waals surface area contributed by atoms with Crippen LogP contribution in [0.25, 0.3) is 5.57 Å². The maximum absolute atomic E-state index is 10.3. The third-order valence-corrected chi connectivity index (χ3v) is 8.20. The number of fused-ring (bicyclic) bond motifs is 1. The molecule has 3 rings (SSSR count). The molecule has 1 fully saturated rings. The predicted octanol–water partition coefficient (Wildman–Crippen LogP) is 5.06. The SMILES string of the molecule is C=C1C(c2ccc(OC)cc2)=C([Si](C)(C)C)C[C@@]2(C)C[C@@H](O)C[C@H]12. The van der Waals surface area contributed by atoms with Gasteiger partial charge in [0, 0.05) is 0 Å². The third-order valence-electron chi connectivity index (χ3n) is 5.96. The number of aliphatic hydroxyl groups is 1. The van der Waals surface area contributed by atoms with Gasteiger partial charge < -0.3 is 9.84 Å². The van der Waals surface area contributed by atoms with Crippen LogP contribution in [0.2, 0.25) is 19.6 Å². The Morgan fingerprint density at radius 1 is 1.21 bits per heavy atom. The van der Waals surface area contributed by atoms with Crippen molar-refractivity contribution in [1.82, 2.24) is 0 Å². The van der Waals surface area contributed by atoms with Crippen molar-refractivity contribution in [2.24, 2.45) is 11.3 Å². The van der Waals surface area contributed by atoms with Crippen molar-refractivity contribution in [3.63, 3.8) is 0 Å². The van der Waals surface area contributed by atoms with Crippen LogP contribution in [0.1, 0.15) is 31.7 Å². The first-order valence-electron chi connectivity index (χ1n) is 8.91. The number of benzene rings is 1. The summed E-state index contributed by atoms with van der Waals surface area (Å²) < 4.78 is 5.31. The van der Waals surface area contributed by atoms with E-state index in [4.69, 9.17) is 4.74 Å². The summed E-state index contributed by atoms with van der Waals surface area (Å²) in [6, 6.07) is 8.39. The van der Waals surface area contributed by atoms with Crippen molar-refractivity contribution >= 4 is 13.6 Å². The van der Waals surface area contributed by atoms with Crippen LogP contribution in [-0.4, -0.2) is 26.4 Å². The maximum Gasteiger partial charge on any atom is 0.118 e. The van der Waals surface area contributed by atoms with Crippen LogP contribution in [0.5, 0.6) is 5.75 Å². The Balaban J connectivity index is 2.14. The molecule has 0 heterocycles. The van der Waals surface area contributed by atoms with Crippen LogP contribution in [0.15, 0.2) is 41.6 Å². The number of aliphatic hydroxyl groups excluding tert-OH is 1. The first-order chi connectivity index (χ1) is 11.2. The highest BCUT2D eigenvalue weighted by Gasteiger charge is 2.50. The second-order valence-electron chi connectivity index (χ2n) is 8.83. The summed E-state index contributed by atoms with van der Waals surface area (Å²) in [5.74, 6) is 1.28. The molecule has 1 saturated carbocycles. The first kappa shape index (κ1) is 17.5. The van der Waals surface area contributed by atoms with Crippen molar-refractivity contribution in [3.8, 4) is 5.75 Å². The number of hydrogen-bond donors (Lipinski definition) is 1. The number of rotatable bonds is 3. The molecule has 3 heteroatoms. The first-order valence-corrected chi connectivity index (χ1v) is 12.4. The van der Waals surface area contributed by atoms with E-state index in [9.17, 15) is 5.11 Å². The number of methoxy groups -OCH3 is 1. The Hall–Kier alpha value is -1.32. The topological polar surface area (TPSA) is 29.5 Å². The van der Waals surface area contributed by atoms with Gasteiger partial charge in [-0.3, -0.25) is 0 Å². The second-order valence-corrected chi connectivity index (χ2v) is 13.9. The van der Waals surface area contributed by atoms with Gasteiger partial charge in [-0.1, -0.05) is 50.5 Å². The third kappa shape index (κ3) is 2.89. The van der Waals surface area contributed by atoms with E-state index < -0.39 is 8.07 Å². The monoisotopic (exact) mass is 342 g/mol. The van der Waals surface area contributed by atoms with Crippen molar-refractivity contribution in [2.75, 3.05) is 7.11 Å². The quantitative estimate of drug-likeness (QED) is 0.778. The molecule has 130 valence electrons. The van der Waals surface area contributed by atoms with E-state index in [1.54, 1.807) is 12.3 Å². The highest BCUT2D eigenvalue weighted by Crippen LogP contribution is 2.58. The molecule has 0 spiro atoms. The van der Waals surface area contributed by atoms with Crippen molar-refractivity contribution < 1.29 is 9.84 Å². The van der Waals surface area contributed by atoms with Crippen LogP contribution in [0.3, 0.4) is 0 Å². The molecule has 1 aromatic carbocycles. The molecule has 0 aliphatic heterocycles. The molecule has 2 nitrogen and oxygen atoms in total. The van der Waals surface area contributed by atoms with Crippen LogP contribution in [-0.2, 0) is 0 Å². The molecule has 0 saturated heterocycles. The minimum Gasteiger partial charge on any atom is -0.497 e. The number of hydrogen-bond acceptors (Lipinski definition) is 2. The molecule has 1 N–H and O–H groups in total. The Bertz CT molecular complexity index is 681. The van der Waals surface area contributed by atoms with Crippen LogP contribution >= 0.6 is 0 Å². The zero-order valence-corrected chi connectivity index (χ0v) is 16.6. The summed E-state index contributed by atoms with van der Waals surface area (Å²) in [7, 11) is 0.212. The molecule has 0 aromatic heterocycles. The van der Waals surface area contributed by atoms with Gasteiger partial charge in [0.15, 0.2) is 0 Å². The largest absolute Gasteiger partial charge is 0.497 e. The smallest absolute Gasteiger partial charge is 0.118 e. The van der Waals surface area contributed by atoms with E-state index in [0.29, 0.717) is 5.92 Å².